The van der Waals surface area contributed by atoms with Crippen LogP contribution in [0.15, 0.2) is 16.5 Å². The molecule has 0 fully saturated rings. The molecule has 102 valence electrons. The van der Waals surface area contributed by atoms with Gasteiger partial charge in [0.05, 0.1) is 0 Å². The lowest BCUT2D eigenvalue weighted by Crippen LogP contribution is -2.05. The van der Waals surface area contributed by atoms with Crippen molar-refractivity contribution >= 4 is 17.6 Å². The van der Waals surface area contributed by atoms with E-state index in [4.69, 9.17) is 0 Å². The molecule has 2 rings (SSSR count). The SMILES string of the molecule is CCCc1nc(NC)c(C)c(Sc2ncnn2C)n1. The van der Waals surface area contributed by atoms with Crippen LogP contribution >= 0.6 is 11.8 Å². The summed E-state index contributed by atoms with van der Waals surface area (Å²) in [5.41, 5.74) is 1.04. The van der Waals surface area contributed by atoms with Crippen molar-refractivity contribution < 1.29 is 0 Å². The molecule has 7 heteroatoms. The van der Waals surface area contributed by atoms with Gasteiger partial charge in [-0.3, -0.25) is 0 Å². The molecule has 0 radical (unpaired) electrons. The molecule has 0 aliphatic rings. The average Bonchev–Trinajstić information content (AvgIpc) is 2.79. The largest absolute Gasteiger partial charge is 0.373 e. The van der Waals surface area contributed by atoms with Crippen molar-refractivity contribution in [3.63, 3.8) is 0 Å². The number of nitrogens with zero attached hydrogens (tertiary/aromatic N) is 5. The average molecular weight is 278 g/mol. The summed E-state index contributed by atoms with van der Waals surface area (Å²) in [5.74, 6) is 1.74. The summed E-state index contributed by atoms with van der Waals surface area (Å²) in [6.45, 7) is 4.14. The van der Waals surface area contributed by atoms with E-state index < -0.39 is 0 Å². The molecule has 0 bridgehead atoms. The first-order chi connectivity index (χ1) is 9.15. The van der Waals surface area contributed by atoms with Crippen LogP contribution in [0.4, 0.5) is 5.82 Å². The summed E-state index contributed by atoms with van der Waals surface area (Å²) in [7, 11) is 3.75. The van der Waals surface area contributed by atoms with E-state index >= 15 is 0 Å². The molecule has 0 atom stereocenters. The van der Waals surface area contributed by atoms with Gasteiger partial charge in [0, 0.05) is 26.1 Å². The van der Waals surface area contributed by atoms with Gasteiger partial charge in [-0.25, -0.2) is 19.6 Å². The van der Waals surface area contributed by atoms with E-state index in [1.54, 1.807) is 11.0 Å². The highest BCUT2D eigenvalue weighted by Crippen LogP contribution is 2.29. The molecule has 0 unspecified atom stereocenters. The van der Waals surface area contributed by atoms with Crippen molar-refractivity contribution in [2.24, 2.45) is 7.05 Å². The zero-order chi connectivity index (χ0) is 13.8. The third-order valence-corrected chi connectivity index (χ3v) is 3.86. The van der Waals surface area contributed by atoms with Crippen LogP contribution < -0.4 is 5.32 Å². The van der Waals surface area contributed by atoms with Crippen LogP contribution in [-0.4, -0.2) is 31.8 Å². The third-order valence-electron chi connectivity index (χ3n) is 2.72. The molecule has 0 saturated carbocycles. The number of hydrogen-bond donors (Lipinski definition) is 1. The van der Waals surface area contributed by atoms with E-state index in [1.165, 1.54) is 11.8 Å². The molecular formula is C12H18N6S. The Kier molecular flexibility index (Phi) is 4.36. The predicted molar refractivity (Wildman–Crippen MR) is 75.4 cm³/mol. The fourth-order valence-corrected chi connectivity index (χ4v) is 2.54. The quantitative estimate of drug-likeness (QED) is 0.844. The lowest BCUT2D eigenvalue weighted by molar-refractivity contribution is 0.683. The second kappa shape index (κ2) is 6.01. The molecule has 2 aromatic heterocycles. The van der Waals surface area contributed by atoms with Gasteiger partial charge in [-0.05, 0) is 25.1 Å². The molecular weight excluding hydrogens is 260 g/mol. The van der Waals surface area contributed by atoms with Crippen LogP contribution in [0.1, 0.15) is 24.7 Å². The van der Waals surface area contributed by atoms with E-state index in [0.717, 1.165) is 40.2 Å². The molecule has 2 aromatic rings. The van der Waals surface area contributed by atoms with Gasteiger partial charge in [0.2, 0.25) is 0 Å². The van der Waals surface area contributed by atoms with Crippen molar-refractivity contribution in [1.82, 2.24) is 24.7 Å². The molecule has 0 aliphatic carbocycles. The maximum absolute atomic E-state index is 4.62. The van der Waals surface area contributed by atoms with Crippen molar-refractivity contribution in [2.75, 3.05) is 12.4 Å². The molecule has 0 amide bonds. The predicted octanol–water partition coefficient (Wildman–Crippen LogP) is 2.06. The van der Waals surface area contributed by atoms with Gasteiger partial charge in [0.15, 0.2) is 5.16 Å². The summed E-state index contributed by atoms with van der Waals surface area (Å²) in [6, 6.07) is 0. The first kappa shape index (κ1) is 13.8. The normalized spacial score (nSPS) is 10.7. The maximum atomic E-state index is 4.62. The summed E-state index contributed by atoms with van der Waals surface area (Å²) < 4.78 is 1.74. The first-order valence-electron chi connectivity index (χ1n) is 6.22. The first-order valence-corrected chi connectivity index (χ1v) is 7.04. The number of aryl methyl sites for hydroxylation is 2. The second-order valence-corrected chi connectivity index (χ2v) is 5.14. The van der Waals surface area contributed by atoms with E-state index in [-0.39, 0.29) is 0 Å². The lowest BCUT2D eigenvalue weighted by Gasteiger charge is -2.11. The summed E-state index contributed by atoms with van der Waals surface area (Å²) in [4.78, 5) is 13.3. The zero-order valence-corrected chi connectivity index (χ0v) is 12.5. The minimum Gasteiger partial charge on any atom is -0.373 e. The second-order valence-electron chi connectivity index (χ2n) is 4.19. The van der Waals surface area contributed by atoms with Gasteiger partial charge in [-0.1, -0.05) is 6.92 Å². The Morgan fingerprint density at radius 2 is 2.16 bits per heavy atom. The molecule has 0 saturated heterocycles. The Balaban J connectivity index is 2.37. The van der Waals surface area contributed by atoms with E-state index in [1.807, 2.05) is 21.0 Å². The number of aromatic nitrogens is 5. The molecule has 19 heavy (non-hydrogen) atoms. The minimum atomic E-state index is 0.825. The summed E-state index contributed by atoms with van der Waals surface area (Å²) in [6.07, 6.45) is 3.45. The Bertz CT molecular complexity index is 565. The van der Waals surface area contributed by atoms with Crippen LogP contribution in [-0.2, 0) is 13.5 Å². The fourth-order valence-electron chi connectivity index (χ4n) is 1.68. The zero-order valence-electron chi connectivity index (χ0n) is 11.6. The van der Waals surface area contributed by atoms with Crippen LogP contribution in [0.3, 0.4) is 0 Å². The Labute approximate surface area is 117 Å². The maximum Gasteiger partial charge on any atom is 0.192 e. The van der Waals surface area contributed by atoms with Crippen LogP contribution in [0, 0.1) is 6.92 Å². The van der Waals surface area contributed by atoms with Gasteiger partial charge in [-0.15, -0.1) is 0 Å². The number of anilines is 1. The van der Waals surface area contributed by atoms with Gasteiger partial charge in [0.1, 0.15) is 23.0 Å². The van der Waals surface area contributed by atoms with Crippen molar-refractivity contribution in [1.29, 1.82) is 0 Å². The molecule has 1 N–H and O–H groups in total. The van der Waals surface area contributed by atoms with Gasteiger partial charge >= 0.3 is 0 Å². The summed E-state index contributed by atoms with van der Waals surface area (Å²) in [5, 5.41) is 8.95. The van der Waals surface area contributed by atoms with Crippen molar-refractivity contribution in [3.8, 4) is 0 Å². The standard InChI is InChI=1S/C12H18N6S/c1-5-6-9-16-10(13-3)8(2)11(17-9)19-12-14-7-15-18(12)4/h7H,5-6H2,1-4H3,(H,13,16,17). The molecule has 2 heterocycles. The van der Waals surface area contributed by atoms with Gasteiger partial charge in [-0.2, -0.15) is 5.10 Å². The van der Waals surface area contributed by atoms with E-state index in [0.29, 0.717) is 0 Å². The Morgan fingerprint density at radius 1 is 1.37 bits per heavy atom. The number of hydrogen-bond acceptors (Lipinski definition) is 6. The number of rotatable bonds is 5. The summed E-state index contributed by atoms with van der Waals surface area (Å²) >= 11 is 1.52. The molecule has 0 aromatic carbocycles. The van der Waals surface area contributed by atoms with Crippen LogP contribution in [0.5, 0.6) is 0 Å². The fraction of sp³-hybridized carbons (Fsp3) is 0.500. The third kappa shape index (κ3) is 3.04. The highest BCUT2D eigenvalue weighted by molar-refractivity contribution is 7.99. The number of nitrogens with one attached hydrogen (secondary N) is 1. The highest BCUT2D eigenvalue weighted by Gasteiger charge is 2.13. The lowest BCUT2D eigenvalue weighted by atomic mass is 10.3. The Morgan fingerprint density at radius 3 is 2.74 bits per heavy atom. The van der Waals surface area contributed by atoms with Crippen LogP contribution in [0.25, 0.3) is 0 Å². The molecule has 0 aliphatic heterocycles. The van der Waals surface area contributed by atoms with Gasteiger partial charge in [0.25, 0.3) is 0 Å². The molecule has 0 spiro atoms. The van der Waals surface area contributed by atoms with Gasteiger partial charge < -0.3 is 5.32 Å². The monoisotopic (exact) mass is 278 g/mol. The van der Waals surface area contributed by atoms with Crippen molar-refractivity contribution in [3.05, 3.63) is 17.7 Å². The van der Waals surface area contributed by atoms with E-state index in [2.05, 4.69) is 32.3 Å². The topological polar surface area (TPSA) is 68.5 Å². The molecule has 6 nitrogen and oxygen atoms in total. The van der Waals surface area contributed by atoms with E-state index in [9.17, 15) is 0 Å². The Hall–Kier alpha value is -1.63. The highest BCUT2D eigenvalue weighted by atomic mass is 32.2. The minimum absolute atomic E-state index is 0.825. The van der Waals surface area contributed by atoms with Crippen LogP contribution in [0.2, 0.25) is 0 Å². The van der Waals surface area contributed by atoms with Crippen molar-refractivity contribution in [2.45, 2.75) is 36.9 Å². The smallest absolute Gasteiger partial charge is 0.192 e.